The maximum atomic E-state index is 12.9. The first-order valence-electron chi connectivity index (χ1n) is 13.6. The summed E-state index contributed by atoms with van der Waals surface area (Å²) in [6, 6.07) is 17.8. The van der Waals surface area contributed by atoms with Crippen LogP contribution in [0.5, 0.6) is 5.88 Å². The molecule has 8 nitrogen and oxygen atoms in total. The van der Waals surface area contributed by atoms with Gasteiger partial charge in [0.05, 0.1) is 19.7 Å². The van der Waals surface area contributed by atoms with Crippen molar-refractivity contribution in [2.75, 3.05) is 38.1 Å². The third kappa shape index (κ3) is 5.95. The van der Waals surface area contributed by atoms with Crippen LogP contribution in [0.15, 0.2) is 83.6 Å². The second-order valence-corrected chi connectivity index (χ2v) is 10.1. The molecule has 3 aromatic rings. The first-order valence-corrected chi connectivity index (χ1v) is 13.6. The number of aliphatic imine (C=N–C) groups is 1. The quantitative estimate of drug-likeness (QED) is 0.296. The number of halogens is 1. The summed E-state index contributed by atoms with van der Waals surface area (Å²) in [5.74, 6) is 1.39. The third-order valence-corrected chi connectivity index (χ3v) is 7.65. The SMILES string of the molecule is C=CC1=C(/N=C\C)NC(=O)C12Cc1ccc(Nc3cc(C=O)cc(OC)n3)cc1C2.CF.CN1CCc2ccccc21. The monoisotopic (exact) mass is 569 g/mol. The lowest BCUT2D eigenvalue weighted by Crippen LogP contribution is -2.34. The van der Waals surface area contributed by atoms with Gasteiger partial charge in [0, 0.05) is 48.4 Å². The largest absolute Gasteiger partial charge is 0.481 e. The fourth-order valence-corrected chi connectivity index (χ4v) is 5.68. The lowest BCUT2D eigenvalue weighted by atomic mass is 9.78. The summed E-state index contributed by atoms with van der Waals surface area (Å²) in [5.41, 5.74) is 6.53. The van der Waals surface area contributed by atoms with Gasteiger partial charge in [0.1, 0.15) is 17.9 Å². The van der Waals surface area contributed by atoms with E-state index in [1.54, 1.807) is 24.4 Å². The molecule has 1 spiro atoms. The Balaban J connectivity index is 0.000000281. The number of likely N-dealkylation sites (N-methyl/N-ethyl adjacent to an activating group) is 1. The highest BCUT2D eigenvalue weighted by molar-refractivity contribution is 5.94. The summed E-state index contributed by atoms with van der Waals surface area (Å²) in [6.07, 6.45) is 6.53. The molecule has 0 fully saturated rings. The molecule has 0 bridgehead atoms. The number of aromatic nitrogens is 1. The normalized spacial score (nSPS) is 18.0. The molecule has 6 rings (SSSR count). The number of allylic oxidation sites excluding steroid dienone is 1. The number of aldehydes is 1. The number of pyridine rings is 1. The van der Waals surface area contributed by atoms with Gasteiger partial charge in [0.25, 0.3) is 0 Å². The molecular formula is C33H36FN5O3. The zero-order valence-corrected chi connectivity index (χ0v) is 24.4. The minimum atomic E-state index is -0.677. The maximum absolute atomic E-state index is 12.9. The van der Waals surface area contributed by atoms with E-state index in [1.165, 1.54) is 31.3 Å². The summed E-state index contributed by atoms with van der Waals surface area (Å²) in [7, 11) is 4.15. The number of alkyl halides is 1. The van der Waals surface area contributed by atoms with Crippen LogP contribution in [-0.2, 0) is 24.1 Å². The Kier molecular flexibility index (Phi) is 9.52. The lowest BCUT2D eigenvalue weighted by molar-refractivity contribution is -0.126. The number of carbonyl (C=O) groups excluding carboxylic acids is 2. The molecule has 1 aromatic heterocycles. The predicted molar refractivity (Wildman–Crippen MR) is 166 cm³/mol. The number of rotatable bonds is 6. The molecule has 1 unspecified atom stereocenters. The number of amides is 1. The van der Waals surface area contributed by atoms with Gasteiger partial charge in [-0.15, -0.1) is 0 Å². The smallest absolute Gasteiger partial charge is 0.237 e. The van der Waals surface area contributed by atoms with Crippen LogP contribution in [0.25, 0.3) is 0 Å². The van der Waals surface area contributed by atoms with E-state index in [0.29, 0.717) is 43.1 Å². The second-order valence-electron chi connectivity index (χ2n) is 10.1. The van der Waals surface area contributed by atoms with Crippen LogP contribution < -0.4 is 20.3 Å². The van der Waals surface area contributed by atoms with Gasteiger partial charge < -0.3 is 20.3 Å². The Morgan fingerprint density at radius 2 is 1.88 bits per heavy atom. The van der Waals surface area contributed by atoms with Crippen molar-refractivity contribution in [2.45, 2.75) is 26.2 Å². The van der Waals surface area contributed by atoms with Crippen LogP contribution >= 0.6 is 0 Å². The summed E-state index contributed by atoms with van der Waals surface area (Å²) in [5, 5.41) is 6.12. The Hall–Kier alpha value is -4.79. The maximum Gasteiger partial charge on any atom is 0.237 e. The van der Waals surface area contributed by atoms with Crippen molar-refractivity contribution in [1.82, 2.24) is 10.3 Å². The number of hydrogen-bond donors (Lipinski definition) is 2. The van der Waals surface area contributed by atoms with E-state index in [9.17, 15) is 14.0 Å². The number of methoxy groups -OCH3 is 1. The van der Waals surface area contributed by atoms with Crippen molar-refractivity contribution in [3.8, 4) is 5.88 Å². The molecule has 2 aromatic carbocycles. The molecule has 1 amide bonds. The molecule has 2 aliphatic heterocycles. The average Bonchev–Trinajstić information content (AvgIpc) is 3.67. The molecule has 218 valence electrons. The van der Waals surface area contributed by atoms with Crippen LogP contribution in [0, 0.1) is 5.41 Å². The van der Waals surface area contributed by atoms with Crippen molar-refractivity contribution in [1.29, 1.82) is 0 Å². The lowest BCUT2D eigenvalue weighted by Gasteiger charge is -2.21. The van der Waals surface area contributed by atoms with E-state index in [0.717, 1.165) is 28.7 Å². The van der Waals surface area contributed by atoms with Crippen LogP contribution in [-0.4, -0.2) is 51.3 Å². The first-order chi connectivity index (χ1) is 20.4. The third-order valence-electron chi connectivity index (χ3n) is 7.65. The van der Waals surface area contributed by atoms with E-state index >= 15 is 0 Å². The molecular weight excluding hydrogens is 533 g/mol. The Bertz CT molecular complexity index is 1550. The van der Waals surface area contributed by atoms with E-state index in [2.05, 4.69) is 63.4 Å². The van der Waals surface area contributed by atoms with Gasteiger partial charge >= 0.3 is 0 Å². The number of benzene rings is 2. The predicted octanol–water partition coefficient (Wildman–Crippen LogP) is 5.61. The second kappa shape index (κ2) is 13.2. The molecule has 2 N–H and O–H groups in total. The number of nitrogens with one attached hydrogen (secondary N) is 2. The average molecular weight is 570 g/mol. The molecule has 1 aliphatic carbocycles. The number of anilines is 3. The molecule has 9 heteroatoms. The first kappa shape index (κ1) is 30.2. The van der Waals surface area contributed by atoms with E-state index in [-0.39, 0.29) is 5.91 Å². The van der Waals surface area contributed by atoms with Gasteiger partial charge in [-0.3, -0.25) is 14.0 Å². The number of ether oxygens (including phenoxy) is 1. The summed E-state index contributed by atoms with van der Waals surface area (Å²) < 4.78 is 14.7. The van der Waals surface area contributed by atoms with Crippen molar-refractivity contribution in [3.63, 3.8) is 0 Å². The van der Waals surface area contributed by atoms with E-state index in [1.807, 2.05) is 25.1 Å². The highest BCUT2D eigenvalue weighted by Gasteiger charge is 2.51. The summed E-state index contributed by atoms with van der Waals surface area (Å²) in [6.45, 7) is 6.91. The van der Waals surface area contributed by atoms with Crippen molar-refractivity contribution >= 4 is 35.6 Å². The van der Waals surface area contributed by atoms with Gasteiger partial charge in [0.15, 0.2) is 0 Å². The number of fused-ring (bicyclic) bond motifs is 2. The Morgan fingerprint density at radius 3 is 2.57 bits per heavy atom. The highest BCUT2D eigenvalue weighted by Crippen LogP contribution is 2.48. The molecule has 42 heavy (non-hydrogen) atoms. The van der Waals surface area contributed by atoms with Gasteiger partial charge in [-0.1, -0.05) is 36.9 Å². The molecule has 1 atom stereocenters. The number of para-hydroxylation sites is 1. The highest BCUT2D eigenvalue weighted by atomic mass is 19.1. The van der Waals surface area contributed by atoms with Crippen molar-refractivity contribution in [3.05, 3.63) is 101 Å². The summed E-state index contributed by atoms with van der Waals surface area (Å²) in [4.78, 5) is 35.0. The van der Waals surface area contributed by atoms with Crippen molar-refractivity contribution < 1.29 is 18.7 Å². The standard InChI is InChI=1S/C23H22N4O3.C9H11N.CH3F/c1-4-18-21(24-5-2)27-22(29)23(18)11-15-6-7-17(10-16(15)12-23)25-19-8-14(13-28)9-20(26-19)30-3;1-10-7-6-8-4-2-3-5-9(8)10;1-2/h4-10,13H,1,11-12H2,2-3H3,(H,25,26)(H,27,29);2-5H,6-7H2,1H3;1H3/b24-5-;;. The van der Waals surface area contributed by atoms with Crippen LogP contribution in [0.2, 0.25) is 0 Å². The van der Waals surface area contributed by atoms with Crippen LogP contribution in [0.1, 0.15) is 34.0 Å². The van der Waals surface area contributed by atoms with E-state index < -0.39 is 5.41 Å². The molecule has 0 radical (unpaired) electrons. The fourth-order valence-electron chi connectivity index (χ4n) is 5.68. The van der Waals surface area contributed by atoms with Gasteiger partial charge in [-0.25, -0.2) is 4.99 Å². The molecule has 0 saturated heterocycles. The van der Waals surface area contributed by atoms with Gasteiger partial charge in [0.2, 0.25) is 11.8 Å². The van der Waals surface area contributed by atoms with E-state index in [4.69, 9.17) is 4.74 Å². The Morgan fingerprint density at radius 1 is 1.12 bits per heavy atom. The zero-order valence-electron chi connectivity index (χ0n) is 24.4. The van der Waals surface area contributed by atoms with Crippen molar-refractivity contribution in [2.24, 2.45) is 10.4 Å². The Labute approximate surface area is 246 Å². The number of hydrogen-bond acceptors (Lipinski definition) is 7. The zero-order chi connectivity index (χ0) is 30.3. The minimum absolute atomic E-state index is 0.0474. The molecule has 3 heterocycles. The topological polar surface area (TPSA) is 95.9 Å². The molecule has 3 aliphatic rings. The van der Waals surface area contributed by atoms with Crippen LogP contribution in [0.4, 0.5) is 21.6 Å². The number of nitrogens with zero attached hydrogens (tertiary/aromatic N) is 3. The number of carbonyl (C=O) groups is 2. The van der Waals surface area contributed by atoms with Gasteiger partial charge in [-0.2, -0.15) is 4.98 Å². The summed E-state index contributed by atoms with van der Waals surface area (Å²) >= 11 is 0. The molecule has 0 saturated carbocycles. The minimum Gasteiger partial charge on any atom is -0.481 e. The van der Waals surface area contributed by atoms with Gasteiger partial charge in [-0.05, 0) is 67.1 Å². The van der Waals surface area contributed by atoms with Crippen LogP contribution in [0.3, 0.4) is 0 Å². The fraction of sp³-hybridized carbons (Fsp3) is 0.273.